The van der Waals surface area contributed by atoms with Gasteiger partial charge in [-0.2, -0.15) is 0 Å². The van der Waals surface area contributed by atoms with Gasteiger partial charge in [0.15, 0.2) is 11.5 Å². The van der Waals surface area contributed by atoms with Crippen LogP contribution in [0.3, 0.4) is 0 Å². The van der Waals surface area contributed by atoms with E-state index in [1.54, 1.807) is 19.2 Å². The lowest BCUT2D eigenvalue weighted by Gasteiger charge is -2.33. The highest BCUT2D eigenvalue weighted by Crippen LogP contribution is 2.36. The van der Waals surface area contributed by atoms with Crippen molar-refractivity contribution in [3.05, 3.63) is 71.9 Å². The number of urea groups is 1. The van der Waals surface area contributed by atoms with E-state index in [-0.39, 0.29) is 12.3 Å². The fraction of sp³-hybridized carbons (Fsp3) is 0.333. The van der Waals surface area contributed by atoms with Gasteiger partial charge in [-0.1, -0.05) is 56.3 Å². The molecule has 1 saturated heterocycles. The van der Waals surface area contributed by atoms with Gasteiger partial charge in [-0.15, -0.1) is 0 Å². The molecule has 2 aromatic rings. The van der Waals surface area contributed by atoms with Crippen molar-refractivity contribution in [1.29, 1.82) is 0 Å². The lowest BCUT2D eigenvalue weighted by atomic mass is 9.89. The minimum atomic E-state index is -0.794. The Balaban J connectivity index is 1.81. The Hall–Kier alpha value is -3.48. The maximum absolute atomic E-state index is 12.9. The number of methoxy groups -OCH3 is 1. The standard InChI is InChI=1S/C24H28N2O5/c1-4-5-13-30-19-12-11-18(14-20(19)29-3)22-21(16(2)25-24(28)26-22)23(27)31-15-17-9-7-6-8-10-17/h6-12,14,21-22H,2,4-5,13,15H2,1,3H3,(H2,25,26,28)/t21-,22+/m0/s1. The Morgan fingerprint density at radius 3 is 2.61 bits per heavy atom. The maximum atomic E-state index is 12.9. The molecular weight excluding hydrogens is 396 g/mol. The van der Waals surface area contributed by atoms with Crippen molar-refractivity contribution < 1.29 is 23.8 Å². The number of nitrogens with one attached hydrogen (secondary N) is 2. The molecule has 0 radical (unpaired) electrons. The number of ether oxygens (including phenoxy) is 3. The van der Waals surface area contributed by atoms with Gasteiger partial charge in [-0.05, 0) is 29.7 Å². The molecular formula is C24H28N2O5. The van der Waals surface area contributed by atoms with Gasteiger partial charge < -0.3 is 24.8 Å². The van der Waals surface area contributed by atoms with Gasteiger partial charge in [-0.25, -0.2) is 4.79 Å². The van der Waals surface area contributed by atoms with Crippen LogP contribution in [0.4, 0.5) is 4.79 Å². The van der Waals surface area contributed by atoms with E-state index < -0.39 is 24.0 Å². The van der Waals surface area contributed by atoms with E-state index in [0.717, 1.165) is 18.4 Å². The summed E-state index contributed by atoms with van der Waals surface area (Å²) in [5.41, 5.74) is 1.85. The molecule has 1 fully saturated rings. The molecule has 1 heterocycles. The molecule has 0 bridgehead atoms. The van der Waals surface area contributed by atoms with Crippen LogP contribution in [0.1, 0.15) is 36.9 Å². The molecule has 2 aromatic carbocycles. The molecule has 1 aliphatic heterocycles. The molecule has 7 nitrogen and oxygen atoms in total. The Morgan fingerprint density at radius 1 is 1.13 bits per heavy atom. The summed E-state index contributed by atoms with van der Waals surface area (Å²) in [5.74, 6) is -0.128. The topological polar surface area (TPSA) is 85.9 Å². The van der Waals surface area contributed by atoms with Crippen LogP contribution in [0.15, 0.2) is 60.8 Å². The van der Waals surface area contributed by atoms with Gasteiger partial charge in [0, 0.05) is 5.70 Å². The van der Waals surface area contributed by atoms with Gasteiger partial charge in [0.25, 0.3) is 0 Å². The third kappa shape index (κ3) is 5.57. The molecule has 0 aliphatic carbocycles. The molecule has 31 heavy (non-hydrogen) atoms. The first-order valence-electron chi connectivity index (χ1n) is 10.3. The highest BCUT2D eigenvalue weighted by Gasteiger charge is 2.39. The second-order valence-corrected chi connectivity index (χ2v) is 7.28. The van der Waals surface area contributed by atoms with Crippen molar-refractivity contribution in [2.75, 3.05) is 13.7 Å². The third-order valence-corrected chi connectivity index (χ3v) is 5.05. The summed E-state index contributed by atoms with van der Waals surface area (Å²) in [7, 11) is 1.55. The minimum absolute atomic E-state index is 0.137. The smallest absolute Gasteiger partial charge is 0.319 e. The van der Waals surface area contributed by atoms with E-state index in [2.05, 4.69) is 24.1 Å². The minimum Gasteiger partial charge on any atom is -0.493 e. The predicted octanol–water partition coefficient (Wildman–Crippen LogP) is 4.10. The molecule has 2 atom stereocenters. The van der Waals surface area contributed by atoms with Gasteiger partial charge >= 0.3 is 12.0 Å². The number of amides is 2. The first-order chi connectivity index (χ1) is 15.0. The van der Waals surface area contributed by atoms with Gasteiger partial charge in [0.2, 0.25) is 0 Å². The molecule has 0 saturated carbocycles. The largest absolute Gasteiger partial charge is 0.493 e. The van der Waals surface area contributed by atoms with Crippen molar-refractivity contribution in [3.63, 3.8) is 0 Å². The Labute approximate surface area is 182 Å². The molecule has 2 amide bonds. The van der Waals surface area contributed by atoms with Gasteiger partial charge in [-0.3, -0.25) is 4.79 Å². The number of carbonyl (C=O) groups is 2. The van der Waals surface area contributed by atoms with Crippen molar-refractivity contribution in [2.45, 2.75) is 32.4 Å². The number of rotatable bonds is 9. The summed E-state index contributed by atoms with van der Waals surface area (Å²) in [6, 6.07) is 13.7. The monoisotopic (exact) mass is 424 g/mol. The number of hydrogen-bond acceptors (Lipinski definition) is 5. The van der Waals surface area contributed by atoms with Crippen molar-refractivity contribution >= 4 is 12.0 Å². The molecule has 0 unspecified atom stereocenters. The van der Waals surface area contributed by atoms with Crippen LogP contribution < -0.4 is 20.1 Å². The lowest BCUT2D eigenvalue weighted by molar-refractivity contribution is -0.149. The van der Waals surface area contributed by atoms with Crippen molar-refractivity contribution in [1.82, 2.24) is 10.6 Å². The maximum Gasteiger partial charge on any atom is 0.319 e. The zero-order chi connectivity index (χ0) is 22.2. The van der Waals surface area contributed by atoms with E-state index in [1.807, 2.05) is 36.4 Å². The fourth-order valence-electron chi connectivity index (χ4n) is 3.38. The summed E-state index contributed by atoms with van der Waals surface area (Å²) < 4.78 is 16.8. The highest BCUT2D eigenvalue weighted by molar-refractivity contribution is 5.85. The Morgan fingerprint density at radius 2 is 1.90 bits per heavy atom. The normalized spacial score (nSPS) is 18.0. The molecule has 7 heteroatoms. The average molecular weight is 424 g/mol. The number of hydrogen-bond donors (Lipinski definition) is 2. The summed E-state index contributed by atoms with van der Waals surface area (Å²) in [6.07, 6.45) is 1.96. The van der Waals surface area contributed by atoms with Crippen LogP contribution in [0.25, 0.3) is 0 Å². The molecule has 3 rings (SSSR count). The van der Waals surface area contributed by atoms with Crippen LogP contribution in [0.5, 0.6) is 11.5 Å². The second kappa shape index (κ2) is 10.5. The second-order valence-electron chi connectivity index (χ2n) is 7.28. The average Bonchev–Trinajstić information content (AvgIpc) is 2.78. The van der Waals surface area contributed by atoms with Crippen LogP contribution >= 0.6 is 0 Å². The zero-order valence-electron chi connectivity index (χ0n) is 17.9. The van der Waals surface area contributed by atoms with Crippen molar-refractivity contribution in [3.8, 4) is 11.5 Å². The van der Waals surface area contributed by atoms with Crippen LogP contribution in [0.2, 0.25) is 0 Å². The lowest BCUT2D eigenvalue weighted by Crippen LogP contribution is -2.51. The van der Waals surface area contributed by atoms with Gasteiger partial charge in [0.05, 0.1) is 19.8 Å². The third-order valence-electron chi connectivity index (χ3n) is 5.05. The summed E-state index contributed by atoms with van der Waals surface area (Å²) in [4.78, 5) is 25.0. The van der Waals surface area contributed by atoms with E-state index in [4.69, 9.17) is 14.2 Å². The first-order valence-corrected chi connectivity index (χ1v) is 10.3. The predicted molar refractivity (Wildman–Crippen MR) is 117 cm³/mol. The molecule has 2 N–H and O–H groups in total. The quantitative estimate of drug-likeness (QED) is 0.468. The summed E-state index contributed by atoms with van der Waals surface area (Å²) >= 11 is 0. The zero-order valence-corrected chi connectivity index (χ0v) is 17.9. The van der Waals surface area contributed by atoms with Crippen LogP contribution in [-0.4, -0.2) is 25.7 Å². The van der Waals surface area contributed by atoms with E-state index in [1.165, 1.54) is 0 Å². The Kier molecular flexibility index (Phi) is 7.54. The van der Waals surface area contributed by atoms with E-state index in [9.17, 15) is 9.59 Å². The molecule has 1 aliphatic rings. The number of esters is 1. The molecule has 164 valence electrons. The van der Waals surface area contributed by atoms with Crippen LogP contribution in [-0.2, 0) is 16.1 Å². The van der Waals surface area contributed by atoms with E-state index in [0.29, 0.717) is 23.7 Å². The molecule has 0 aromatic heterocycles. The summed E-state index contributed by atoms with van der Waals surface area (Å²) in [5, 5.41) is 5.39. The number of unbranched alkanes of at least 4 members (excludes halogenated alkanes) is 1. The molecule has 0 spiro atoms. The SMILES string of the molecule is C=C1NC(=O)N[C@H](c2ccc(OCCCC)c(OC)c2)[C@H]1C(=O)OCc1ccccc1. The number of benzene rings is 2. The fourth-order valence-corrected chi connectivity index (χ4v) is 3.38. The highest BCUT2D eigenvalue weighted by atomic mass is 16.5. The summed E-state index contributed by atoms with van der Waals surface area (Å²) in [6.45, 7) is 6.69. The number of carbonyl (C=O) groups excluding carboxylic acids is 2. The Bertz CT molecular complexity index is 929. The first kappa shape index (κ1) is 22.2. The van der Waals surface area contributed by atoms with E-state index >= 15 is 0 Å². The van der Waals surface area contributed by atoms with Crippen LogP contribution in [0, 0.1) is 5.92 Å². The van der Waals surface area contributed by atoms with Gasteiger partial charge in [0.1, 0.15) is 12.5 Å². The van der Waals surface area contributed by atoms with Crippen molar-refractivity contribution in [2.24, 2.45) is 5.92 Å².